The van der Waals surface area contributed by atoms with Crippen LogP contribution < -0.4 is 0 Å². The SMILES string of the molecule is COC(=O)C(C)(C)c1ccc(C(C)(C)O)nn1. The molecule has 0 radical (unpaired) electrons. The Labute approximate surface area is 101 Å². The van der Waals surface area contributed by atoms with Crippen molar-refractivity contribution in [1.82, 2.24) is 10.2 Å². The van der Waals surface area contributed by atoms with Gasteiger partial charge in [-0.1, -0.05) is 0 Å². The van der Waals surface area contributed by atoms with Gasteiger partial charge in [-0.3, -0.25) is 4.79 Å². The van der Waals surface area contributed by atoms with E-state index in [9.17, 15) is 9.90 Å². The summed E-state index contributed by atoms with van der Waals surface area (Å²) in [6, 6.07) is 3.34. The third kappa shape index (κ3) is 2.79. The summed E-state index contributed by atoms with van der Waals surface area (Å²) in [6.45, 7) is 6.68. The summed E-state index contributed by atoms with van der Waals surface area (Å²) < 4.78 is 4.71. The second-order valence-corrected chi connectivity index (χ2v) is 4.98. The highest BCUT2D eigenvalue weighted by Gasteiger charge is 2.33. The zero-order valence-corrected chi connectivity index (χ0v) is 10.8. The Morgan fingerprint density at radius 1 is 1.18 bits per heavy atom. The Balaban J connectivity index is 3.07. The molecule has 0 aromatic carbocycles. The van der Waals surface area contributed by atoms with Crippen LogP contribution in [0.2, 0.25) is 0 Å². The van der Waals surface area contributed by atoms with Crippen LogP contribution in [0.25, 0.3) is 0 Å². The van der Waals surface area contributed by atoms with Crippen molar-refractivity contribution in [3.8, 4) is 0 Å². The lowest BCUT2D eigenvalue weighted by atomic mass is 9.89. The first-order valence-electron chi connectivity index (χ1n) is 5.35. The topological polar surface area (TPSA) is 72.3 Å². The molecule has 0 saturated heterocycles. The van der Waals surface area contributed by atoms with E-state index in [4.69, 9.17) is 4.74 Å². The van der Waals surface area contributed by atoms with Crippen LogP contribution in [0.4, 0.5) is 0 Å². The molecule has 1 rings (SSSR count). The summed E-state index contributed by atoms with van der Waals surface area (Å²) in [7, 11) is 1.34. The zero-order chi connectivity index (χ0) is 13.3. The predicted molar refractivity (Wildman–Crippen MR) is 62.3 cm³/mol. The Morgan fingerprint density at radius 3 is 2.00 bits per heavy atom. The van der Waals surface area contributed by atoms with E-state index in [1.807, 2.05) is 0 Å². The van der Waals surface area contributed by atoms with Crippen LogP contribution in [0, 0.1) is 0 Å². The van der Waals surface area contributed by atoms with Crippen LogP contribution in [0.15, 0.2) is 12.1 Å². The number of esters is 1. The highest BCUT2D eigenvalue weighted by Crippen LogP contribution is 2.24. The molecule has 0 amide bonds. The van der Waals surface area contributed by atoms with Crippen LogP contribution in [-0.4, -0.2) is 28.4 Å². The standard InChI is InChI=1S/C12H18N2O3/c1-11(2,10(15)17-5)8-6-7-9(14-13-8)12(3,4)16/h6-7,16H,1-5H3. The number of hydrogen-bond acceptors (Lipinski definition) is 5. The summed E-state index contributed by atoms with van der Waals surface area (Å²) in [5.41, 5.74) is -0.917. The average Bonchev–Trinajstić information content (AvgIpc) is 2.27. The highest BCUT2D eigenvalue weighted by atomic mass is 16.5. The minimum atomic E-state index is -1.04. The van der Waals surface area contributed by atoms with E-state index in [0.29, 0.717) is 11.4 Å². The minimum Gasteiger partial charge on any atom is -0.468 e. The summed E-state index contributed by atoms with van der Waals surface area (Å²) in [5.74, 6) is -0.372. The number of carbonyl (C=O) groups excluding carboxylic acids is 1. The predicted octanol–water partition coefficient (Wildman–Crippen LogP) is 1.15. The summed E-state index contributed by atoms with van der Waals surface area (Å²) in [5, 5.41) is 17.6. The van der Waals surface area contributed by atoms with Gasteiger partial charge in [-0.15, -0.1) is 0 Å². The van der Waals surface area contributed by atoms with Crippen LogP contribution in [0.1, 0.15) is 39.1 Å². The number of nitrogens with zero attached hydrogens (tertiary/aromatic N) is 2. The number of aromatic nitrogens is 2. The fraction of sp³-hybridized carbons (Fsp3) is 0.583. The van der Waals surface area contributed by atoms with E-state index < -0.39 is 11.0 Å². The molecule has 0 aliphatic carbocycles. The van der Waals surface area contributed by atoms with Crippen molar-refractivity contribution in [2.24, 2.45) is 0 Å². The molecule has 1 aromatic heterocycles. The number of ether oxygens (including phenoxy) is 1. The molecule has 0 aliphatic rings. The van der Waals surface area contributed by atoms with E-state index in [0.717, 1.165) is 0 Å². The first kappa shape index (κ1) is 13.6. The van der Waals surface area contributed by atoms with Gasteiger partial charge in [-0.25, -0.2) is 0 Å². The second-order valence-electron chi connectivity index (χ2n) is 4.98. The lowest BCUT2D eigenvalue weighted by molar-refractivity contribution is -0.146. The number of carbonyl (C=O) groups is 1. The maximum Gasteiger partial charge on any atom is 0.317 e. The molecule has 5 nitrogen and oxygen atoms in total. The van der Waals surface area contributed by atoms with E-state index in [2.05, 4.69) is 10.2 Å². The molecule has 0 spiro atoms. The average molecular weight is 238 g/mol. The number of aliphatic hydroxyl groups is 1. The van der Waals surface area contributed by atoms with Crippen LogP contribution in [0.3, 0.4) is 0 Å². The molecule has 0 fully saturated rings. The minimum absolute atomic E-state index is 0.372. The molecule has 17 heavy (non-hydrogen) atoms. The lowest BCUT2D eigenvalue weighted by Crippen LogP contribution is -2.32. The molecular weight excluding hydrogens is 220 g/mol. The second kappa shape index (κ2) is 4.41. The maximum atomic E-state index is 11.6. The molecule has 5 heteroatoms. The number of rotatable bonds is 3. The molecule has 0 aliphatic heterocycles. The fourth-order valence-electron chi connectivity index (χ4n) is 1.35. The monoisotopic (exact) mass is 238 g/mol. The molecule has 0 unspecified atom stereocenters. The van der Waals surface area contributed by atoms with Gasteiger partial charge in [0.15, 0.2) is 0 Å². The highest BCUT2D eigenvalue weighted by molar-refractivity contribution is 5.81. The molecule has 0 bridgehead atoms. The van der Waals surface area contributed by atoms with E-state index in [-0.39, 0.29) is 5.97 Å². The van der Waals surface area contributed by atoms with Crippen LogP contribution in [-0.2, 0) is 20.5 Å². The molecule has 0 saturated carbocycles. The summed E-state index contributed by atoms with van der Waals surface area (Å²) >= 11 is 0. The van der Waals surface area contributed by atoms with Gasteiger partial charge in [0.2, 0.25) is 0 Å². The van der Waals surface area contributed by atoms with Crippen molar-refractivity contribution in [2.45, 2.75) is 38.7 Å². The van der Waals surface area contributed by atoms with Gasteiger partial charge in [-0.05, 0) is 39.8 Å². The van der Waals surface area contributed by atoms with E-state index in [1.165, 1.54) is 7.11 Å². The molecule has 1 heterocycles. The normalized spacial score (nSPS) is 12.4. The summed E-state index contributed by atoms with van der Waals surface area (Å²) in [6.07, 6.45) is 0. The smallest absolute Gasteiger partial charge is 0.317 e. The van der Waals surface area contributed by atoms with Crippen molar-refractivity contribution in [1.29, 1.82) is 0 Å². The summed E-state index contributed by atoms with van der Waals surface area (Å²) in [4.78, 5) is 11.6. The maximum absolute atomic E-state index is 11.6. The first-order chi connectivity index (χ1) is 7.69. The van der Waals surface area contributed by atoms with Crippen LogP contribution >= 0.6 is 0 Å². The first-order valence-corrected chi connectivity index (χ1v) is 5.35. The Hall–Kier alpha value is -1.49. The van der Waals surface area contributed by atoms with Gasteiger partial charge in [0.25, 0.3) is 0 Å². The third-order valence-electron chi connectivity index (χ3n) is 2.63. The Morgan fingerprint density at radius 2 is 1.65 bits per heavy atom. The lowest BCUT2D eigenvalue weighted by Gasteiger charge is -2.21. The van der Waals surface area contributed by atoms with Crippen molar-refractivity contribution in [3.05, 3.63) is 23.5 Å². The molecular formula is C12H18N2O3. The van der Waals surface area contributed by atoms with E-state index in [1.54, 1.807) is 39.8 Å². The fourth-order valence-corrected chi connectivity index (χ4v) is 1.35. The van der Waals surface area contributed by atoms with Crippen molar-refractivity contribution >= 4 is 5.97 Å². The number of hydrogen-bond donors (Lipinski definition) is 1. The van der Waals surface area contributed by atoms with Crippen LogP contribution in [0.5, 0.6) is 0 Å². The molecule has 1 aromatic rings. The van der Waals surface area contributed by atoms with Gasteiger partial charge >= 0.3 is 5.97 Å². The molecule has 1 N–H and O–H groups in total. The zero-order valence-electron chi connectivity index (χ0n) is 10.8. The van der Waals surface area contributed by atoms with E-state index >= 15 is 0 Å². The van der Waals surface area contributed by atoms with Gasteiger partial charge in [0.05, 0.1) is 18.5 Å². The van der Waals surface area contributed by atoms with Crippen molar-refractivity contribution < 1.29 is 14.6 Å². The van der Waals surface area contributed by atoms with Crippen molar-refractivity contribution in [2.75, 3.05) is 7.11 Å². The Kier molecular flexibility index (Phi) is 3.52. The quantitative estimate of drug-likeness (QED) is 0.800. The van der Waals surface area contributed by atoms with Gasteiger partial charge in [0.1, 0.15) is 11.0 Å². The molecule has 0 atom stereocenters. The number of methoxy groups -OCH3 is 1. The van der Waals surface area contributed by atoms with Crippen molar-refractivity contribution in [3.63, 3.8) is 0 Å². The van der Waals surface area contributed by atoms with Gasteiger partial charge in [0, 0.05) is 0 Å². The largest absolute Gasteiger partial charge is 0.468 e. The van der Waals surface area contributed by atoms with Gasteiger partial charge < -0.3 is 9.84 Å². The Bertz CT molecular complexity index is 405. The molecule has 94 valence electrons. The third-order valence-corrected chi connectivity index (χ3v) is 2.63. The van der Waals surface area contributed by atoms with Gasteiger partial charge in [-0.2, -0.15) is 10.2 Å².